The topological polar surface area (TPSA) is 104 Å². The number of rotatable bonds is 5. The van der Waals surface area contributed by atoms with Crippen LogP contribution in [-0.4, -0.2) is 35.1 Å². The summed E-state index contributed by atoms with van der Waals surface area (Å²) < 4.78 is 0. The van der Waals surface area contributed by atoms with Crippen molar-refractivity contribution < 1.29 is 9.59 Å². The van der Waals surface area contributed by atoms with E-state index in [2.05, 4.69) is 20.8 Å². The predicted molar refractivity (Wildman–Crippen MR) is 86.0 cm³/mol. The SMILES string of the molecule is O=C(NCCNC(=O)c1cc(Cl)ccc1Cl)c1ccc(=O)[nH]n1. The molecule has 0 saturated carbocycles. The maximum absolute atomic E-state index is 12.0. The van der Waals surface area contributed by atoms with Gasteiger partial charge in [0.05, 0.1) is 10.6 Å². The highest BCUT2D eigenvalue weighted by molar-refractivity contribution is 6.35. The lowest BCUT2D eigenvalue weighted by Crippen LogP contribution is -2.35. The average Bonchev–Trinajstić information content (AvgIpc) is 2.54. The molecule has 120 valence electrons. The maximum atomic E-state index is 12.0. The molecule has 0 bridgehead atoms. The minimum absolute atomic E-state index is 0.0776. The molecule has 0 spiro atoms. The van der Waals surface area contributed by atoms with Gasteiger partial charge in [-0.2, -0.15) is 5.10 Å². The molecule has 0 fully saturated rings. The zero-order chi connectivity index (χ0) is 16.8. The predicted octanol–water partition coefficient (Wildman–Crippen LogP) is 1.24. The van der Waals surface area contributed by atoms with Crippen molar-refractivity contribution in [3.05, 3.63) is 62.0 Å². The number of carbonyl (C=O) groups is 2. The maximum Gasteiger partial charge on any atom is 0.271 e. The lowest BCUT2D eigenvalue weighted by Gasteiger charge is -2.08. The van der Waals surface area contributed by atoms with Gasteiger partial charge >= 0.3 is 0 Å². The quantitative estimate of drug-likeness (QED) is 0.702. The van der Waals surface area contributed by atoms with Crippen molar-refractivity contribution in [3.63, 3.8) is 0 Å². The third-order valence-electron chi connectivity index (χ3n) is 2.78. The van der Waals surface area contributed by atoms with Crippen LogP contribution in [-0.2, 0) is 0 Å². The summed E-state index contributed by atoms with van der Waals surface area (Å²) in [4.78, 5) is 34.5. The highest BCUT2D eigenvalue weighted by atomic mass is 35.5. The Labute approximate surface area is 141 Å². The molecule has 0 aliphatic heterocycles. The number of nitrogens with zero attached hydrogens (tertiary/aromatic N) is 1. The van der Waals surface area contributed by atoms with Crippen LogP contribution in [0.1, 0.15) is 20.8 Å². The van der Waals surface area contributed by atoms with Crippen molar-refractivity contribution >= 4 is 35.0 Å². The number of amides is 2. The zero-order valence-electron chi connectivity index (χ0n) is 11.7. The van der Waals surface area contributed by atoms with Gasteiger partial charge in [0, 0.05) is 24.2 Å². The number of benzene rings is 1. The van der Waals surface area contributed by atoms with E-state index in [0.717, 1.165) is 0 Å². The van der Waals surface area contributed by atoms with E-state index in [1.165, 1.54) is 24.3 Å². The second-order valence-corrected chi connectivity index (χ2v) is 5.29. The second-order valence-electron chi connectivity index (χ2n) is 4.44. The summed E-state index contributed by atoms with van der Waals surface area (Å²) in [5.41, 5.74) is -0.0613. The third kappa shape index (κ3) is 4.80. The molecule has 0 aliphatic rings. The number of H-pyrrole nitrogens is 1. The molecule has 2 rings (SSSR count). The molecule has 23 heavy (non-hydrogen) atoms. The zero-order valence-corrected chi connectivity index (χ0v) is 13.2. The first-order valence-electron chi connectivity index (χ1n) is 6.54. The molecule has 2 aromatic rings. The van der Waals surface area contributed by atoms with Gasteiger partial charge < -0.3 is 10.6 Å². The van der Waals surface area contributed by atoms with Gasteiger partial charge in [0.2, 0.25) is 0 Å². The van der Waals surface area contributed by atoms with Crippen LogP contribution in [0.15, 0.2) is 35.1 Å². The highest BCUT2D eigenvalue weighted by Crippen LogP contribution is 2.20. The summed E-state index contributed by atoms with van der Waals surface area (Å²) in [6.45, 7) is 0.375. The number of carbonyl (C=O) groups excluding carboxylic acids is 2. The smallest absolute Gasteiger partial charge is 0.271 e. The molecule has 3 N–H and O–H groups in total. The van der Waals surface area contributed by atoms with Gasteiger partial charge in [-0.1, -0.05) is 23.2 Å². The molecule has 0 unspecified atom stereocenters. The minimum Gasteiger partial charge on any atom is -0.350 e. The van der Waals surface area contributed by atoms with Gasteiger partial charge in [-0.05, 0) is 24.3 Å². The van der Waals surface area contributed by atoms with Crippen LogP contribution in [0.3, 0.4) is 0 Å². The standard InChI is InChI=1S/C14H12Cl2N4O3/c15-8-1-2-10(16)9(7-8)13(22)17-5-6-18-14(23)11-3-4-12(21)20-19-11/h1-4,7H,5-6H2,(H,17,22)(H,18,23)(H,20,21). The lowest BCUT2D eigenvalue weighted by molar-refractivity contribution is 0.0924. The molecule has 7 nitrogen and oxygen atoms in total. The van der Waals surface area contributed by atoms with E-state index in [1.807, 2.05) is 0 Å². The monoisotopic (exact) mass is 354 g/mol. The van der Waals surface area contributed by atoms with Crippen LogP contribution in [0.5, 0.6) is 0 Å². The second kappa shape index (κ2) is 7.75. The van der Waals surface area contributed by atoms with E-state index in [-0.39, 0.29) is 29.4 Å². The Kier molecular flexibility index (Phi) is 5.72. The number of hydrogen-bond acceptors (Lipinski definition) is 4. The van der Waals surface area contributed by atoms with Crippen LogP contribution in [0.4, 0.5) is 0 Å². The molecule has 9 heteroatoms. The summed E-state index contributed by atoms with van der Waals surface area (Å²) in [7, 11) is 0. The van der Waals surface area contributed by atoms with E-state index in [4.69, 9.17) is 23.2 Å². The average molecular weight is 355 g/mol. The fourth-order valence-electron chi connectivity index (χ4n) is 1.68. The molecule has 0 saturated heterocycles. The number of nitrogens with one attached hydrogen (secondary N) is 3. The third-order valence-corrected chi connectivity index (χ3v) is 3.35. The van der Waals surface area contributed by atoms with Gasteiger partial charge in [0.1, 0.15) is 5.69 Å². The first-order valence-corrected chi connectivity index (χ1v) is 7.30. The fourth-order valence-corrected chi connectivity index (χ4v) is 2.06. The van der Waals surface area contributed by atoms with Crippen molar-refractivity contribution in [1.82, 2.24) is 20.8 Å². The molecule has 0 aliphatic carbocycles. The Hall–Kier alpha value is -2.38. The molecular weight excluding hydrogens is 343 g/mol. The molecular formula is C14H12Cl2N4O3. The van der Waals surface area contributed by atoms with E-state index in [1.54, 1.807) is 6.07 Å². The number of hydrogen-bond donors (Lipinski definition) is 3. The first-order chi connectivity index (χ1) is 11.0. The molecule has 0 atom stereocenters. The lowest BCUT2D eigenvalue weighted by atomic mass is 10.2. The summed E-state index contributed by atoms with van der Waals surface area (Å²) in [6.07, 6.45) is 0. The Balaban J connectivity index is 1.82. The minimum atomic E-state index is -0.462. The van der Waals surface area contributed by atoms with Crippen molar-refractivity contribution in [2.75, 3.05) is 13.1 Å². The summed E-state index contributed by atoms with van der Waals surface area (Å²) in [6, 6.07) is 7.08. The summed E-state index contributed by atoms with van der Waals surface area (Å²) >= 11 is 11.7. The van der Waals surface area contributed by atoms with Crippen molar-refractivity contribution in [2.24, 2.45) is 0 Å². The van der Waals surface area contributed by atoms with Gasteiger partial charge in [-0.15, -0.1) is 0 Å². The van der Waals surface area contributed by atoms with Gasteiger partial charge in [-0.3, -0.25) is 14.4 Å². The van der Waals surface area contributed by atoms with Crippen LogP contribution in [0.2, 0.25) is 10.0 Å². The van der Waals surface area contributed by atoms with Crippen molar-refractivity contribution in [3.8, 4) is 0 Å². The van der Waals surface area contributed by atoms with E-state index < -0.39 is 17.4 Å². The molecule has 1 heterocycles. The van der Waals surface area contributed by atoms with Crippen molar-refractivity contribution in [2.45, 2.75) is 0 Å². The number of aromatic nitrogens is 2. The van der Waals surface area contributed by atoms with Crippen LogP contribution in [0, 0.1) is 0 Å². The Bertz CT molecular complexity index is 771. The number of aromatic amines is 1. The molecule has 0 radical (unpaired) electrons. The van der Waals surface area contributed by atoms with E-state index in [9.17, 15) is 14.4 Å². The van der Waals surface area contributed by atoms with Gasteiger partial charge in [-0.25, -0.2) is 5.10 Å². The first kappa shape index (κ1) is 17.0. The summed E-state index contributed by atoms with van der Waals surface area (Å²) in [5.74, 6) is -0.856. The molecule has 1 aromatic heterocycles. The summed E-state index contributed by atoms with van der Waals surface area (Å²) in [5, 5.41) is 11.6. The van der Waals surface area contributed by atoms with Crippen LogP contribution >= 0.6 is 23.2 Å². The van der Waals surface area contributed by atoms with Crippen LogP contribution < -0.4 is 16.2 Å². The largest absolute Gasteiger partial charge is 0.350 e. The normalized spacial score (nSPS) is 10.2. The molecule has 2 amide bonds. The van der Waals surface area contributed by atoms with Crippen molar-refractivity contribution in [1.29, 1.82) is 0 Å². The van der Waals surface area contributed by atoms with Crippen LogP contribution in [0.25, 0.3) is 0 Å². The fraction of sp³-hybridized carbons (Fsp3) is 0.143. The van der Waals surface area contributed by atoms with E-state index >= 15 is 0 Å². The highest BCUT2D eigenvalue weighted by Gasteiger charge is 2.11. The van der Waals surface area contributed by atoms with Gasteiger partial charge in [0.25, 0.3) is 17.4 Å². The Morgan fingerprint density at radius 3 is 2.39 bits per heavy atom. The molecule has 1 aromatic carbocycles. The Morgan fingerprint density at radius 1 is 1.04 bits per heavy atom. The Morgan fingerprint density at radius 2 is 1.74 bits per heavy atom. The van der Waals surface area contributed by atoms with Gasteiger partial charge in [0.15, 0.2) is 0 Å². The van der Waals surface area contributed by atoms with E-state index in [0.29, 0.717) is 5.02 Å². The number of halogens is 2.